The molecule has 5 rings (SSSR count). The van der Waals surface area contributed by atoms with Crippen molar-refractivity contribution < 1.29 is 14.2 Å². The van der Waals surface area contributed by atoms with Gasteiger partial charge >= 0.3 is 5.69 Å². The standard InChI is InChI=1S/C22H20Cl2FN3O3/c23-12-7-16-15(17(24)8-12)10-19(27-5-3-14(29)11-27)21(16)31-20-2-1-13(9-18(20)25)28-6-4-26-22(28)30/h1-2,4,6-9,14,19,21,29H,3,5,10-11H2,(H,26,30)/t14?,19-,21-/m0/s1. The number of H-pyrrole nitrogens is 1. The van der Waals surface area contributed by atoms with Crippen LogP contribution in [-0.2, 0) is 6.42 Å². The van der Waals surface area contributed by atoms with Gasteiger partial charge in [-0.1, -0.05) is 23.2 Å². The number of hydrogen-bond acceptors (Lipinski definition) is 4. The van der Waals surface area contributed by atoms with Crippen LogP contribution in [0.5, 0.6) is 5.75 Å². The van der Waals surface area contributed by atoms with Crippen LogP contribution >= 0.6 is 23.2 Å². The summed E-state index contributed by atoms with van der Waals surface area (Å²) in [7, 11) is 0. The van der Waals surface area contributed by atoms with Gasteiger partial charge in [-0.15, -0.1) is 0 Å². The van der Waals surface area contributed by atoms with E-state index in [0.29, 0.717) is 35.1 Å². The smallest absolute Gasteiger partial charge is 0.330 e. The molecule has 2 N–H and O–H groups in total. The van der Waals surface area contributed by atoms with Gasteiger partial charge in [0.2, 0.25) is 0 Å². The van der Waals surface area contributed by atoms with Crippen LogP contribution in [0.2, 0.25) is 10.0 Å². The first-order valence-electron chi connectivity index (χ1n) is 10.0. The second kappa shape index (κ2) is 7.98. The number of ether oxygens (including phenoxy) is 1. The Hall–Kier alpha value is -2.32. The maximum atomic E-state index is 15.0. The lowest BCUT2D eigenvalue weighted by atomic mass is 10.1. The molecule has 1 aliphatic carbocycles. The van der Waals surface area contributed by atoms with E-state index in [2.05, 4.69) is 9.88 Å². The van der Waals surface area contributed by atoms with Crippen molar-refractivity contribution in [2.24, 2.45) is 0 Å². The number of β-amino-alcohol motifs (C(OH)–C–C–N with tert-alkyl or cyclic N) is 1. The Labute approximate surface area is 187 Å². The molecule has 2 heterocycles. The molecule has 2 aliphatic rings. The summed E-state index contributed by atoms with van der Waals surface area (Å²) in [5.41, 5.74) is 1.80. The normalized spacial score (nSPS) is 23.3. The number of aromatic amines is 1. The van der Waals surface area contributed by atoms with E-state index < -0.39 is 11.9 Å². The monoisotopic (exact) mass is 463 g/mol. The van der Waals surface area contributed by atoms with Crippen molar-refractivity contribution in [2.75, 3.05) is 13.1 Å². The minimum absolute atomic E-state index is 0.0750. The Balaban J connectivity index is 1.50. The minimum atomic E-state index is -0.576. The Morgan fingerprint density at radius 1 is 1.23 bits per heavy atom. The zero-order valence-corrected chi connectivity index (χ0v) is 17.9. The average Bonchev–Trinajstić information content (AvgIpc) is 3.43. The molecule has 1 fully saturated rings. The zero-order valence-electron chi connectivity index (χ0n) is 16.4. The van der Waals surface area contributed by atoms with E-state index in [0.717, 1.165) is 17.7 Å². The van der Waals surface area contributed by atoms with Crippen molar-refractivity contribution in [2.45, 2.75) is 31.1 Å². The maximum Gasteiger partial charge on any atom is 0.330 e. The number of hydrogen-bond donors (Lipinski definition) is 2. The fourth-order valence-electron chi connectivity index (χ4n) is 4.54. The lowest BCUT2D eigenvalue weighted by molar-refractivity contribution is 0.0790. The third kappa shape index (κ3) is 3.76. The van der Waals surface area contributed by atoms with Crippen molar-refractivity contribution in [3.8, 4) is 11.4 Å². The lowest BCUT2D eigenvalue weighted by Crippen LogP contribution is -2.39. The summed E-state index contributed by atoms with van der Waals surface area (Å²) in [6, 6.07) is 7.82. The molecular formula is C22H20Cl2FN3O3. The molecule has 6 nitrogen and oxygen atoms in total. The van der Waals surface area contributed by atoms with Crippen LogP contribution in [0.15, 0.2) is 47.5 Å². The largest absolute Gasteiger partial charge is 0.481 e. The molecule has 2 aromatic carbocycles. The van der Waals surface area contributed by atoms with E-state index in [9.17, 15) is 14.3 Å². The average molecular weight is 464 g/mol. The summed E-state index contributed by atoms with van der Waals surface area (Å²) in [4.78, 5) is 16.5. The highest BCUT2D eigenvalue weighted by Crippen LogP contribution is 2.43. The van der Waals surface area contributed by atoms with Gasteiger partial charge in [-0.2, -0.15) is 0 Å². The number of fused-ring (bicyclic) bond motifs is 1. The van der Waals surface area contributed by atoms with Crippen molar-refractivity contribution in [1.82, 2.24) is 14.5 Å². The van der Waals surface area contributed by atoms with Crippen molar-refractivity contribution >= 4 is 23.2 Å². The highest BCUT2D eigenvalue weighted by atomic mass is 35.5. The van der Waals surface area contributed by atoms with E-state index in [-0.39, 0.29) is 23.6 Å². The number of likely N-dealkylation sites (tertiary alicyclic amines) is 1. The first-order chi connectivity index (χ1) is 14.9. The maximum absolute atomic E-state index is 15.0. The van der Waals surface area contributed by atoms with Gasteiger partial charge in [0.1, 0.15) is 6.10 Å². The summed E-state index contributed by atoms with van der Waals surface area (Å²) >= 11 is 12.7. The third-order valence-electron chi connectivity index (χ3n) is 6.02. The van der Waals surface area contributed by atoms with Crippen molar-refractivity contribution in [1.29, 1.82) is 0 Å². The molecule has 1 aliphatic heterocycles. The summed E-state index contributed by atoms with van der Waals surface area (Å²) in [5, 5.41) is 11.1. The summed E-state index contributed by atoms with van der Waals surface area (Å²) in [5.74, 6) is -0.501. The fraction of sp³-hybridized carbons (Fsp3) is 0.318. The van der Waals surface area contributed by atoms with Gasteiger partial charge in [0.15, 0.2) is 11.6 Å². The lowest BCUT2D eigenvalue weighted by Gasteiger charge is -2.30. The molecule has 0 radical (unpaired) electrons. The van der Waals surface area contributed by atoms with Crippen LogP contribution in [0.3, 0.4) is 0 Å². The third-order valence-corrected chi connectivity index (χ3v) is 6.58. The molecule has 0 bridgehead atoms. The molecule has 31 heavy (non-hydrogen) atoms. The number of imidazole rings is 1. The van der Waals surface area contributed by atoms with Crippen molar-refractivity contribution in [3.63, 3.8) is 0 Å². The fourth-order valence-corrected chi connectivity index (χ4v) is 5.13. The minimum Gasteiger partial charge on any atom is -0.481 e. The number of aromatic nitrogens is 2. The Morgan fingerprint density at radius 3 is 2.74 bits per heavy atom. The Bertz CT molecular complexity index is 1190. The number of nitrogens with zero attached hydrogens (tertiary/aromatic N) is 2. The second-order valence-corrected chi connectivity index (χ2v) is 8.80. The number of rotatable bonds is 4. The SMILES string of the molecule is O=c1[nH]ccn1-c1ccc(O[C@H]2c3cc(Cl)cc(Cl)c3C[C@@H]2N2CCC(O)C2)c(F)c1. The molecule has 162 valence electrons. The van der Waals surface area contributed by atoms with Gasteiger partial charge in [-0.3, -0.25) is 9.47 Å². The zero-order chi connectivity index (χ0) is 21.7. The second-order valence-electron chi connectivity index (χ2n) is 7.95. The predicted octanol–water partition coefficient (Wildman–Crippen LogP) is 3.72. The number of benzene rings is 2. The number of halogens is 3. The molecular weight excluding hydrogens is 444 g/mol. The van der Waals surface area contributed by atoms with Crippen LogP contribution < -0.4 is 10.4 Å². The topological polar surface area (TPSA) is 70.5 Å². The van der Waals surface area contributed by atoms with Crippen LogP contribution in [0.25, 0.3) is 5.69 Å². The van der Waals surface area contributed by atoms with Gasteiger partial charge in [0, 0.05) is 47.2 Å². The first kappa shape index (κ1) is 20.6. The highest BCUT2D eigenvalue weighted by Gasteiger charge is 2.42. The summed E-state index contributed by atoms with van der Waals surface area (Å²) in [6.45, 7) is 1.25. The van der Waals surface area contributed by atoms with Crippen LogP contribution in [0.4, 0.5) is 4.39 Å². The van der Waals surface area contributed by atoms with Crippen molar-refractivity contribution in [3.05, 3.63) is 80.2 Å². The van der Waals surface area contributed by atoms with Gasteiger partial charge in [0.25, 0.3) is 0 Å². The van der Waals surface area contributed by atoms with Gasteiger partial charge in [-0.05, 0) is 42.7 Å². The molecule has 1 saturated heterocycles. The molecule has 9 heteroatoms. The van der Waals surface area contributed by atoms with Gasteiger partial charge in [-0.25, -0.2) is 9.18 Å². The first-order valence-corrected chi connectivity index (χ1v) is 10.8. The molecule has 0 saturated carbocycles. The molecule has 3 aromatic rings. The van der Waals surface area contributed by atoms with Crippen LogP contribution in [0, 0.1) is 5.82 Å². The Morgan fingerprint density at radius 2 is 2.06 bits per heavy atom. The van der Waals surface area contributed by atoms with E-state index in [1.54, 1.807) is 12.1 Å². The number of nitrogens with one attached hydrogen (secondary N) is 1. The van der Waals surface area contributed by atoms with Gasteiger partial charge in [0.05, 0.1) is 17.8 Å². The predicted molar refractivity (Wildman–Crippen MR) is 116 cm³/mol. The molecule has 3 atom stereocenters. The quantitative estimate of drug-likeness (QED) is 0.618. The van der Waals surface area contributed by atoms with Crippen LogP contribution in [-0.4, -0.2) is 44.8 Å². The molecule has 0 spiro atoms. The molecule has 1 unspecified atom stereocenters. The Kier molecular flexibility index (Phi) is 5.30. The highest BCUT2D eigenvalue weighted by molar-refractivity contribution is 6.35. The summed E-state index contributed by atoms with van der Waals surface area (Å²) in [6.07, 6.45) is 3.45. The molecule has 1 aromatic heterocycles. The number of aliphatic hydroxyl groups is 1. The van der Waals surface area contributed by atoms with Crippen LogP contribution in [0.1, 0.15) is 23.7 Å². The summed E-state index contributed by atoms with van der Waals surface area (Å²) < 4.78 is 22.5. The van der Waals surface area contributed by atoms with E-state index in [1.165, 1.54) is 29.1 Å². The molecule has 0 amide bonds. The van der Waals surface area contributed by atoms with Gasteiger partial charge < -0.3 is 14.8 Å². The van der Waals surface area contributed by atoms with E-state index in [4.69, 9.17) is 27.9 Å². The van der Waals surface area contributed by atoms with E-state index in [1.807, 2.05) is 6.07 Å². The number of aliphatic hydroxyl groups excluding tert-OH is 1. The van der Waals surface area contributed by atoms with E-state index >= 15 is 0 Å².